The van der Waals surface area contributed by atoms with Crippen molar-refractivity contribution in [2.45, 2.75) is 13.5 Å². The summed E-state index contributed by atoms with van der Waals surface area (Å²) in [4.78, 5) is 31.8. The van der Waals surface area contributed by atoms with Crippen molar-refractivity contribution < 1.29 is 9.59 Å². The average Bonchev–Trinajstić information content (AvgIpc) is 2.68. The number of hydrogen-bond acceptors (Lipinski definition) is 5. The third-order valence-corrected chi connectivity index (χ3v) is 3.68. The Balaban J connectivity index is 1.62. The first-order valence-electron chi connectivity index (χ1n) is 8.38. The van der Waals surface area contributed by atoms with Gasteiger partial charge in [0.2, 0.25) is 5.91 Å². The molecule has 0 saturated carbocycles. The first kappa shape index (κ1) is 18.1. The zero-order chi connectivity index (χ0) is 19.1. The Hall–Kier alpha value is -3.74. The number of hydrogen-bond donors (Lipinski definition) is 3. The molecule has 0 unspecified atom stereocenters. The number of nitrogens with one attached hydrogen (secondary N) is 3. The van der Waals surface area contributed by atoms with Crippen LogP contribution in [-0.4, -0.2) is 21.8 Å². The van der Waals surface area contributed by atoms with E-state index in [0.29, 0.717) is 29.3 Å². The van der Waals surface area contributed by atoms with Crippen molar-refractivity contribution in [2.24, 2.45) is 0 Å². The van der Waals surface area contributed by atoms with Crippen LogP contribution in [-0.2, 0) is 11.3 Å². The van der Waals surface area contributed by atoms with E-state index in [9.17, 15) is 9.59 Å². The number of aromatic nitrogens is 2. The number of carbonyl (C=O) groups excluding carboxylic acids is 2. The van der Waals surface area contributed by atoms with Crippen molar-refractivity contribution in [3.63, 3.8) is 0 Å². The largest absolute Gasteiger partial charge is 0.366 e. The molecule has 1 aromatic carbocycles. The van der Waals surface area contributed by atoms with Crippen LogP contribution in [0.4, 0.5) is 17.2 Å². The molecule has 0 aliphatic rings. The molecule has 0 spiro atoms. The lowest BCUT2D eigenvalue weighted by Gasteiger charge is -2.09. The average molecular weight is 361 g/mol. The van der Waals surface area contributed by atoms with Gasteiger partial charge >= 0.3 is 0 Å². The molecule has 0 fully saturated rings. The van der Waals surface area contributed by atoms with E-state index in [-0.39, 0.29) is 11.8 Å². The summed E-state index contributed by atoms with van der Waals surface area (Å²) in [5, 5.41) is 8.68. The molecule has 0 radical (unpaired) electrons. The number of amides is 2. The molecule has 3 rings (SSSR count). The maximum atomic E-state index is 12.5. The Morgan fingerprint density at radius 1 is 0.963 bits per heavy atom. The lowest BCUT2D eigenvalue weighted by molar-refractivity contribution is -0.114. The molecule has 3 N–H and O–H groups in total. The first-order valence-corrected chi connectivity index (χ1v) is 8.38. The van der Waals surface area contributed by atoms with Crippen LogP contribution in [0.2, 0.25) is 0 Å². The predicted molar refractivity (Wildman–Crippen MR) is 104 cm³/mol. The molecule has 136 valence electrons. The molecular weight excluding hydrogens is 342 g/mol. The molecule has 2 aromatic heterocycles. The minimum Gasteiger partial charge on any atom is -0.366 e. The lowest BCUT2D eigenvalue weighted by atomic mass is 10.2. The summed E-state index contributed by atoms with van der Waals surface area (Å²) in [6, 6.07) is 14.1. The summed E-state index contributed by atoms with van der Waals surface area (Å²) in [5.74, 6) is 0.219. The molecule has 7 nitrogen and oxygen atoms in total. The van der Waals surface area contributed by atoms with E-state index in [1.165, 1.54) is 6.92 Å². The Kier molecular flexibility index (Phi) is 5.73. The van der Waals surface area contributed by atoms with Crippen LogP contribution in [0.15, 0.2) is 67.1 Å². The van der Waals surface area contributed by atoms with E-state index in [1.807, 2.05) is 12.1 Å². The third kappa shape index (κ3) is 5.37. The number of rotatable bonds is 6. The molecule has 2 heterocycles. The molecule has 0 aliphatic heterocycles. The summed E-state index contributed by atoms with van der Waals surface area (Å²) in [6.45, 7) is 2.01. The minimum atomic E-state index is -0.242. The van der Waals surface area contributed by atoms with Gasteiger partial charge in [-0.2, -0.15) is 0 Å². The van der Waals surface area contributed by atoms with Crippen molar-refractivity contribution in [1.29, 1.82) is 0 Å². The highest BCUT2D eigenvalue weighted by atomic mass is 16.2. The van der Waals surface area contributed by atoms with Gasteiger partial charge in [0.05, 0.1) is 0 Å². The van der Waals surface area contributed by atoms with Gasteiger partial charge in [0.15, 0.2) is 0 Å². The standard InChI is InChI=1S/C20H19N5O2/c1-14(26)24-17-4-6-18(7-5-17)25-20(27)16-8-10-22-19(11-16)23-13-15-3-2-9-21-12-15/h2-12H,13H2,1H3,(H,22,23)(H,24,26)(H,25,27). The van der Waals surface area contributed by atoms with E-state index in [4.69, 9.17) is 0 Å². The molecule has 2 amide bonds. The van der Waals surface area contributed by atoms with Crippen LogP contribution in [0.1, 0.15) is 22.8 Å². The number of pyridine rings is 2. The van der Waals surface area contributed by atoms with E-state index in [0.717, 1.165) is 5.56 Å². The van der Waals surface area contributed by atoms with E-state index < -0.39 is 0 Å². The summed E-state index contributed by atoms with van der Waals surface area (Å²) in [5.41, 5.74) is 2.82. The van der Waals surface area contributed by atoms with Gasteiger partial charge in [0, 0.05) is 49.0 Å². The quantitative estimate of drug-likeness (QED) is 0.626. The predicted octanol–water partition coefficient (Wildman–Crippen LogP) is 3.30. The lowest BCUT2D eigenvalue weighted by Crippen LogP contribution is -2.13. The minimum absolute atomic E-state index is 0.144. The Labute approximate surface area is 156 Å². The molecule has 7 heteroatoms. The fourth-order valence-electron chi connectivity index (χ4n) is 2.41. The van der Waals surface area contributed by atoms with Crippen LogP contribution >= 0.6 is 0 Å². The van der Waals surface area contributed by atoms with E-state index >= 15 is 0 Å². The van der Waals surface area contributed by atoms with Crippen LogP contribution < -0.4 is 16.0 Å². The summed E-state index contributed by atoms with van der Waals surface area (Å²) >= 11 is 0. The molecule has 0 saturated heterocycles. The van der Waals surface area contributed by atoms with Gasteiger partial charge in [-0.3, -0.25) is 14.6 Å². The fourth-order valence-corrected chi connectivity index (χ4v) is 2.41. The second kappa shape index (κ2) is 8.57. The topological polar surface area (TPSA) is 96.0 Å². The van der Waals surface area contributed by atoms with E-state index in [1.54, 1.807) is 55.0 Å². The second-order valence-electron chi connectivity index (χ2n) is 5.86. The third-order valence-electron chi connectivity index (χ3n) is 3.68. The van der Waals surface area contributed by atoms with Crippen molar-refractivity contribution in [2.75, 3.05) is 16.0 Å². The molecular formula is C20H19N5O2. The van der Waals surface area contributed by atoms with Crippen molar-refractivity contribution in [1.82, 2.24) is 9.97 Å². The molecule has 0 aliphatic carbocycles. The van der Waals surface area contributed by atoms with Gasteiger partial charge in [-0.05, 0) is 48.0 Å². The first-order chi connectivity index (χ1) is 13.1. The number of anilines is 3. The van der Waals surface area contributed by atoms with Gasteiger partial charge in [-0.1, -0.05) is 6.07 Å². The van der Waals surface area contributed by atoms with Crippen LogP contribution in [0.3, 0.4) is 0 Å². The zero-order valence-electron chi connectivity index (χ0n) is 14.8. The zero-order valence-corrected chi connectivity index (χ0v) is 14.8. The number of benzene rings is 1. The van der Waals surface area contributed by atoms with E-state index in [2.05, 4.69) is 25.9 Å². The van der Waals surface area contributed by atoms with Crippen LogP contribution in [0, 0.1) is 0 Å². The van der Waals surface area contributed by atoms with Crippen molar-refractivity contribution in [3.8, 4) is 0 Å². The highest BCUT2D eigenvalue weighted by Crippen LogP contribution is 2.15. The second-order valence-corrected chi connectivity index (χ2v) is 5.86. The van der Waals surface area contributed by atoms with Crippen molar-refractivity contribution >= 4 is 29.0 Å². The van der Waals surface area contributed by atoms with Crippen molar-refractivity contribution in [3.05, 3.63) is 78.2 Å². The summed E-state index contributed by atoms with van der Waals surface area (Å²) in [6.07, 6.45) is 5.07. The highest BCUT2D eigenvalue weighted by molar-refractivity contribution is 6.04. The van der Waals surface area contributed by atoms with Gasteiger partial charge in [-0.25, -0.2) is 4.98 Å². The van der Waals surface area contributed by atoms with Gasteiger partial charge in [0.25, 0.3) is 5.91 Å². The summed E-state index contributed by atoms with van der Waals surface area (Å²) in [7, 11) is 0. The molecule has 27 heavy (non-hydrogen) atoms. The molecule has 0 bridgehead atoms. The van der Waals surface area contributed by atoms with Crippen LogP contribution in [0.25, 0.3) is 0 Å². The Morgan fingerprint density at radius 3 is 2.37 bits per heavy atom. The summed E-state index contributed by atoms with van der Waals surface area (Å²) < 4.78 is 0. The molecule has 3 aromatic rings. The van der Waals surface area contributed by atoms with Crippen LogP contribution in [0.5, 0.6) is 0 Å². The Morgan fingerprint density at radius 2 is 1.70 bits per heavy atom. The maximum Gasteiger partial charge on any atom is 0.255 e. The maximum absolute atomic E-state index is 12.5. The SMILES string of the molecule is CC(=O)Nc1ccc(NC(=O)c2ccnc(NCc3cccnc3)c2)cc1. The molecule has 0 atom stereocenters. The number of carbonyl (C=O) groups is 2. The monoisotopic (exact) mass is 361 g/mol. The Bertz CT molecular complexity index is 927. The van der Waals surface area contributed by atoms with Gasteiger partial charge in [-0.15, -0.1) is 0 Å². The number of nitrogens with zero attached hydrogens (tertiary/aromatic N) is 2. The van der Waals surface area contributed by atoms with Gasteiger partial charge in [0.1, 0.15) is 5.82 Å². The van der Waals surface area contributed by atoms with Gasteiger partial charge < -0.3 is 16.0 Å². The highest BCUT2D eigenvalue weighted by Gasteiger charge is 2.08. The smallest absolute Gasteiger partial charge is 0.255 e. The fraction of sp³-hybridized carbons (Fsp3) is 0.100. The normalized spacial score (nSPS) is 10.1.